The van der Waals surface area contributed by atoms with Crippen LogP contribution in [0.1, 0.15) is 33.6 Å². The van der Waals surface area contributed by atoms with Crippen LogP contribution in [-0.4, -0.2) is 11.7 Å². The third kappa shape index (κ3) is 7.91. The minimum atomic E-state index is -1.52. The van der Waals surface area contributed by atoms with Crippen molar-refractivity contribution in [1.82, 2.24) is 0 Å². The summed E-state index contributed by atoms with van der Waals surface area (Å²) in [5.74, 6) is -2.20. The van der Waals surface area contributed by atoms with Crippen molar-refractivity contribution >= 4 is 0 Å². The normalized spacial score (nSPS) is 14.5. The SMILES string of the molecule is C=C(O)/C(F)=C(/F)C(=C)C#CC(C)CCC(C)C(=C)/C(F)=C(/F)C(=C)OCC. The molecule has 1 N–H and O–H groups in total. The smallest absolute Gasteiger partial charge is 0.200 e. The molecular weight excluding hydrogens is 372 g/mol. The molecular formula is C22H26F4O2. The molecule has 0 heterocycles. The highest BCUT2D eigenvalue weighted by Crippen LogP contribution is 2.30. The van der Waals surface area contributed by atoms with Crippen molar-refractivity contribution in [2.45, 2.75) is 33.6 Å². The second-order valence-electron chi connectivity index (χ2n) is 6.21. The van der Waals surface area contributed by atoms with E-state index in [0.29, 0.717) is 12.8 Å². The molecule has 0 aliphatic carbocycles. The molecule has 0 radical (unpaired) electrons. The van der Waals surface area contributed by atoms with Crippen LogP contribution in [0.5, 0.6) is 0 Å². The molecule has 0 aromatic carbocycles. The fourth-order valence-corrected chi connectivity index (χ4v) is 1.99. The van der Waals surface area contributed by atoms with Gasteiger partial charge in [-0.25, -0.2) is 8.78 Å². The number of allylic oxidation sites excluding steroid dienone is 6. The van der Waals surface area contributed by atoms with Gasteiger partial charge in [0, 0.05) is 5.92 Å². The molecule has 0 aromatic heterocycles. The minimum Gasteiger partial charge on any atom is -0.505 e. The lowest BCUT2D eigenvalue weighted by Gasteiger charge is -2.15. The van der Waals surface area contributed by atoms with E-state index in [1.165, 1.54) is 0 Å². The maximum atomic E-state index is 14.1. The zero-order valence-corrected chi connectivity index (χ0v) is 16.5. The lowest BCUT2D eigenvalue weighted by molar-refractivity contribution is 0.223. The first kappa shape index (κ1) is 25.3. The zero-order valence-electron chi connectivity index (χ0n) is 16.5. The Morgan fingerprint density at radius 1 is 0.929 bits per heavy atom. The first-order valence-electron chi connectivity index (χ1n) is 8.64. The van der Waals surface area contributed by atoms with Crippen LogP contribution in [0.2, 0.25) is 0 Å². The zero-order chi connectivity index (χ0) is 22.0. The highest BCUT2D eigenvalue weighted by atomic mass is 19.2. The summed E-state index contributed by atoms with van der Waals surface area (Å²) in [7, 11) is 0. The number of aliphatic hydroxyl groups is 1. The van der Waals surface area contributed by atoms with Gasteiger partial charge in [-0.2, -0.15) is 8.78 Å². The van der Waals surface area contributed by atoms with E-state index in [9.17, 15) is 17.6 Å². The summed E-state index contributed by atoms with van der Waals surface area (Å²) < 4.78 is 59.6. The Labute approximate surface area is 164 Å². The number of aliphatic hydroxyl groups excluding tert-OH is 1. The molecule has 0 bridgehead atoms. The van der Waals surface area contributed by atoms with E-state index in [1.54, 1.807) is 20.8 Å². The predicted octanol–water partition coefficient (Wildman–Crippen LogP) is 7.08. The number of hydrogen-bond acceptors (Lipinski definition) is 2. The monoisotopic (exact) mass is 398 g/mol. The Hall–Kier alpha value is -2.68. The average Bonchev–Trinajstić information content (AvgIpc) is 2.66. The summed E-state index contributed by atoms with van der Waals surface area (Å²) in [6.07, 6.45) is 0.908. The molecule has 0 spiro atoms. The fourth-order valence-electron chi connectivity index (χ4n) is 1.99. The maximum Gasteiger partial charge on any atom is 0.200 e. The van der Waals surface area contributed by atoms with E-state index in [1.807, 2.05) is 0 Å². The first-order valence-corrected chi connectivity index (χ1v) is 8.64. The molecule has 0 amide bonds. The van der Waals surface area contributed by atoms with Crippen LogP contribution in [0.15, 0.2) is 72.3 Å². The lowest BCUT2D eigenvalue weighted by atomic mass is 9.92. The highest BCUT2D eigenvalue weighted by Gasteiger charge is 2.19. The molecule has 0 aliphatic heterocycles. The second-order valence-corrected chi connectivity index (χ2v) is 6.21. The molecule has 0 aliphatic rings. The lowest BCUT2D eigenvalue weighted by Crippen LogP contribution is -2.04. The Kier molecular flexibility index (Phi) is 10.8. The average molecular weight is 398 g/mol. The van der Waals surface area contributed by atoms with Crippen molar-refractivity contribution in [3.63, 3.8) is 0 Å². The molecule has 6 heteroatoms. The molecule has 0 saturated heterocycles. The number of rotatable bonds is 10. The van der Waals surface area contributed by atoms with E-state index in [4.69, 9.17) is 9.84 Å². The van der Waals surface area contributed by atoms with Crippen LogP contribution < -0.4 is 0 Å². The minimum absolute atomic E-state index is 0.0274. The van der Waals surface area contributed by atoms with E-state index in [2.05, 4.69) is 38.2 Å². The molecule has 0 fully saturated rings. The summed E-state index contributed by atoms with van der Waals surface area (Å²) in [4.78, 5) is 0. The van der Waals surface area contributed by atoms with Crippen LogP contribution in [0, 0.1) is 23.7 Å². The van der Waals surface area contributed by atoms with E-state index >= 15 is 0 Å². The Morgan fingerprint density at radius 2 is 1.50 bits per heavy atom. The number of halogens is 4. The summed E-state index contributed by atoms with van der Waals surface area (Å²) >= 11 is 0. The number of hydrogen-bond donors (Lipinski definition) is 1. The molecule has 0 aromatic rings. The van der Waals surface area contributed by atoms with Crippen molar-refractivity contribution in [2.75, 3.05) is 6.61 Å². The Balaban J connectivity index is 4.91. The Morgan fingerprint density at radius 3 is 2.00 bits per heavy atom. The molecule has 0 rings (SSSR count). The van der Waals surface area contributed by atoms with Crippen LogP contribution in [0.4, 0.5) is 17.6 Å². The molecule has 154 valence electrons. The number of ether oxygens (including phenoxy) is 1. The van der Waals surface area contributed by atoms with Gasteiger partial charge in [0.25, 0.3) is 0 Å². The van der Waals surface area contributed by atoms with Crippen molar-refractivity contribution in [1.29, 1.82) is 0 Å². The summed E-state index contributed by atoms with van der Waals surface area (Å²) in [5, 5.41) is 8.82. The molecule has 2 atom stereocenters. The van der Waals surface area contributed by atoms with Crippen molar-refractivity contribution in [2.24, 2.45) is 11.8 Å². The van der Waals surface area contributed by atoms with Gasteiger partial charge in [-0.3, -0.25) is 0 Å². The van der Waals surface area contributed by atoms with Gasteiger partial charge >= 0.3 is 0 Å². The maximum absolute atomic E-state index is 14.1. The molecule has 0 saturated carbocycles. The summed E-state index contributed by atoms with van der Waals surface area (Å²) in [6.45, 7) is 18.3. The summed E-state index contributed by atoms with van der Waals surface area (Å²) in [6, 6.07) is 0. The summed E-state index contributed by atoms with van der Waals surface area (Å²) in [5.41, 5.74) is -0.456. The van der Waals surface area contributed by atoms with E-state index in [-0.39, 0.29) is 29.8 Å². The largest absolute Gasteiger partial charge is 0.505 e. The molecule has 2 nitrogen and oxygen atoms in total. The van der Waals surface area contributed by atoms with Crippen LogP contribution >= 0.6 is 0 Å². The van der Waals surface area contributed by atoms with Crippen LogP contribution in [0.3, 0.4) is 0 Å². The van der Waals surface area contributed by atoms with Gasteiger partial charge < -0.3 is 9.84 Å². The van der Waals surface area contributed by atoms with Crippen molar-refractivity contribution in [3.8, 4) is 11.8 Å². The fraction of sp³-hybridized carbons (Fsp3) is 0.364. The van der Waals surface area contributed by atoms with Gasteiger partial charge in [0.1, 0.15) is 5.76 Å². The van der Waals surface area contributed by atoms with Crippen LogP contribution in [0.25, 0.3) is 0 Å². The van der Waals surface area contributed by atoms with Crippen LogP contribution in [-0.2, 0) is 4.74 Å². The quantitative estimate of drug-likeness (QED) is 0.184. The van der Waals surface area contributed by atoms with Crippen molar-refractivity contribution in [3.05, 3.63) is 72.3 Å². The van der Waals surface area contributed by atoms with Gasteiger partial charge in [-0.1, -0.05) is 52.0 Å². The Bertz CT molecular complexity index is 763. The van der Waals surface area contributed by atoms with E-state index in [0.717, 1.165) is 0 Å². The molecule has 2 unspecified atom stereocenters. The van der Waals surface area contributed by atoms with Gasteiger partial charge in [0.05, 0.1) is 12.2 Å². The standard InChI is InChI=1S/C22H26F4O2/c1-8-28-18(7)22(26)20(24)16(5)14(3)11-9-13(2)10-12-15(4)19(23)21(25)17(6)27/h13-14,27H,4-9,11H2,1-3H3/b21-19-,22-20-. The third-order valence-corrected chi connectivity index (χ3v) is 3.85. The van der Waals surface area contributed by atoms with E-state index < -0.39 is 34.6 Å². The van der Waals surface area contributed by atoms with Gasteiger partial charge in [0.2, 0.25) is 5.83 Å². The van der Waals surface area contributed by atoms with Gasteiger partial charge in [0.15, 0.2) is 23.2 Å². The second kappa shape index (κ2) is 11.9. The molecule has 28 heavy (non-hydrogen) atoms. The highest BCUT2D eigenvalue weighted by molar-refractivity contribution is 5.44. The van der Waals surface area contributed by atoms with Gasteiger partial charge in [-0.05, 0) is 31.3 Å². The first-order chi connectivity index (χ1) is 12.9. The van der Waals surface area contributed by atoms with Crippen molar-refractivity contribution < 1.29 is 27.4 Å². The topological polar surface area (TPSA) is 29.5 Å². The predicted molar refractivity (Wildman–Crippen MR) is 105 cm³/mol. The third-order valence-electron chi connectivity index (χ3n) is 3.85. The van der Waals surface area contributed by atoms with Gasteiger partial charge in [-0.15, -0.1) is 0 Å².